The Morgan fingerprint density at radius 1 is 1.27 bits per heavy atom. The summed E-state index contributed by atoms with van der Waals surface area (Å²) in [5.74, 6) is 1.11. The van der Waals surface area contributed by atoms with E-state index >= 15 is 0 Å². The molecule has 1 N–H and O–H groups in total. The van der Waals surface area contributed by atoms with Crippen LogP contribution < -0.4 is 0 Å². The number of carboxylic acid groups (broad SMARTS) is 1. The van der Waals surface area contributed by atoms with Crippen LogP contribution in [0.3, 0.4) is 0 Å². The van der Waals surface area contributed by atoms with E-state index in [0.717, 1.165) is 19.3 Å². The molecule has 2 nitrogen and oxygen atoms in total. The molecule has 15 heavy (non-hydrogen) atoms. The Bertz CT molecular complexity index is 227. The van der Waals surface area contributed by atoms with E-state index in [1.54, 1.807) is 0 Å². The van der Waals surface area contributed by atoms with Gasteiger partial charge in [-0.15, -0.1) is 0 Å². The lowest BCUT2D eigenvalue weighted by molar-refractivity contribution is -0.153. The van der Waals surface area contributed by atoms with Crippen LogP contribution in [0.15, 0.2) is 0 Å². The Morgan fingerprint density at radius 2 is 1.73 bits per heavy atom. The first kappa shape index (κ1) is 12.5. The van der Waals surface area contributed by atoms with Gasteiger partial charge in [0, 0.05) is 0 Å². The Kier molecular flexibility index (Phi) is 3.80. The van der Waals surface area contributed by atoms with Crippen LogP contribution in [0.2, 0.25) is 0 Å². The topological polar surface area (TPSA) is 37.3 Å². The van der Waals surface area contributed by atoms with Crippen LogP contribution >= 0.6 is 0 Å². The molecule has 0 spiro atoms. The van der Waals surface area contributed by atoms with Gasteiger partial charge < -0.3 is 5.11 Å². The second-order valence-corrected chi connectivity index (χ2v) is 5.69. The zero-order valence-corrected chi connectivity index (χ0v) is 10.4. The molecular weight excluding hydrogens is 188 g/mol. The van der Waals surface area contributed by atoms with E-state index in [1.807, 2.05) is 13.8 Å². The van der Waals surface area contributed by atoms with Crippen LogP contribution in [0.5, 0.6) is 0 Å². The number of carbonyl (C=O) groups is 1. The fraction of sp³-hybridized carbons (Fsp3) is 0.923. The van der Waals surface area contributed by atoms with Crippen molar-refractivity contribution in [1.82, 2.24) is 0 Å². The van der Waals surface area contributed by atoms with Gasteiger partial charge in [0.2, 0.25) is 0 Å². The molecule has 2 heteroatoms. The van der Waals surface area contributed by atoms with Crippen molar-refractivity contribution in [2.75, 3.05) is 0 Å². The quantitative estimate of drug-likeness (QED) is 0.776. The van der Waals surface area contributed by atoms with E-state index in [1.165, 1.54) is 6.42 Å². The fourth-order valence-electron chi connectivity index (χ4n) is 3.08. The van der Waals surface area contributed by atoms with Crippen LogP contribution in [0.4, 0.5) is 0 Å². The average Bonchev–Trinajstić information content (AvgIpc) is 2.14. The largest absolute Gasteiger partial charge is 0.481 e. The molecule has 0 aliphatic heterocycles. The standard InChI is InChI=1S/C13H24O2/c1-5-13(4,12(14)15)11-7-9(2)6-10(3)8-11/h9-11H,5-8H2,1-4H3,(H,14,15). The van der Waals surface area contributed by atoms with E-state index in [4.69, 9.17) is 0 Å². The highest BCUT2D eigenvalue weighted by molar-refractivity contribution is 5.74. The van der Waals surface area contributed by atoms with Gasteiger partial charge in [0.25, 0.3) is 0 Å². The van der Waals surface area contributed by atoms with Crippen molar-refractivity contribution >= 4 is 5.97 Å². The predicted octanol–water partition coefficient (Wildman–Crippen LogP) is 3.56. The predicted molar refractivity (Wildman–Crippen MR) is 61.7 cm³/mol. The van der Waals surface area contributed by atoms with Gasteiger partial charge >= 0.3 is 5.97 Å². The van der Waals surface area contributed by atoms with Crippen molar-refractivity contribution < 1.29 is 9.90 Å². The molecule has 88 valence electrons. The van der Waals surface area contributed by atoms with Gasteiger partial charge in [-0.25, -0.2) is 0 Å². The molecule has 0 amide bonds. The molecular formula is C13H24O2. The summed E-state index contributed by atoms with van der Waals surface area (Å²) in [5, 5.41) is 9.36. The van der Waals surface area contributed by atoms with Crippen LogP contribution in [-0.4, -0.2) is 11.1 Å². The molecule has 1 aliphatic carbocycles. The third-order valence-electron chi connectivity index (χ3n) is 4.30. The highest BCUT2D eigenvalue weighted by Crippen LogP contribution is 2.44. The minimum Gasteiger partial charge on any atom is -0.481 e. The SMILES string of the molecule is CCC(C)(C(=O)O)C1CC(C)CC(C)C1. The highest BCUT2D eigenvalue weighted by Gasteiger charge is 2.42. The van der Waals surface area contributed by atoms with Gasteiger partial charge in [-0.2, -0.15) is 0 Å². The first-order chi connectivity index (χ1) is 6.90. The minimum atomic E-state index is -0.615. The van der Waals surface area contributed by atoms with E-state index in [9.17, 15) is 9.90 Å². The van der Waals surface area contributed by atoms with Crippen LogP contribution in [0.25, 0.3) is 0 Å². The minimum absolute atomic E-state index is 0.360. The molecule has 1 fully saturated rings. The number of rotatable bonds is 3. The third-order valence-corrected chi connectivity index (χ3v) is 4.30. The van der Waals surface area contributed by atoms with Crippen LogP contribution in [0.1, 0.15) is 53.4 Å². The number of hydrogen-bond acceptors (Lipinski definition) is 1. The Labute approximate surface area is 93.1 Å². The van der Waals surface area contributed by atoms with Crippen LogP contribution in [0, 0.1) is 23.2 Å². The van der Waals surface area contributed by atoms with Crippen LogP contribution in [-0.2, 0) is 4.79 Å². The van der Waals surface area contributed by atoms with Gasteiger partial charge in [-0.3, -0.25) is 4.79 Å². The van der Waals surface area contributed by atoms with Gasteiger partial charge in [-0.05, 0) is 50.4 Å². The van der Waals surface area contributed by atoms with Gasteiger partial charge in [-0.1, -0.05) is 20.8 Å². The molecule has 0 saturated heterocycles. The number of aliphatic carboxylic acids is 1. The van der Waals surface area contributed by atoms with Gasteiger partial charge in [0.05, 0.1) is 5.41 Å². The number of hydrogen-bond donors (Lipinski definition) is 1. The summed E-state index contributed by atoms with van der Waals surface area (Å²) in [6.07, 6.45) is 4.17. The zero-order valence-electron chi connectivity index (χ0n) is 10.4. The van der Waals surface area contributed by atoms with E-state index in [0.29, 0.717) is 17.8 Å². The first-order valence-electron chi connectivity index (χ1n) is 6.13. The van der Waals surface area contributed by atoms with E-state index in [2.05, 4.69) is 13.8 Å². The molecule has 0 bridgehead atoms. The average molecular weight is 212 g/mol. The molecule has 0 aromatic heterocycles. The summed E-state index contributed by atoms with van der Waals surface area (Å²) >= 11 is 0. The molecule has 3 atom stereocenters. The first-order valence-corrected chi connectivity index (χ1v) is 6.13. The summed E-state index contributed by atoms with van der Waals surface area (Å²) in [5.41, 5.74) is -0.511. The molecule has 0 heterocycles. The molecule has 1 aliphatic rings. The molecule has 1 saturated carbocycles. The summed E-state index contributed by atoms with van der Waals surface area (Å²) in [4.78, 5) is 11.4. The zero-order chi connectivity index (χ0) is 11.6. The summed E-state index contributed by atoms with van der Waals surface area (Å²) in [7, 11) is 0. The summed E-state index contributed by atoms with van der Waals surface area (Å²) in [6.45, 7) is 8.42. The molecule has 0 radical (unpaired) electrons. The molecule has 0 aromatic carbocycles. The maximum absolute atomic E-state index is 11.4. The van der Waals surface area contributed by atoms with E-state index < -0.39 is 11.4 Å². The second-order valence-electron chi connectivity index (χ2n) is 5.69. The normalized spacial score (nSPS) is 35.9. The molecule has 0 aromatic rings. The highest BCUT2D eigenvalue weighted by atomic mass is 16.4. The van der Waals surface area contributed by atoms with Gasteiger partial charge in [0.1, 0.15) is 0 Å². The third kappa shape index (κ3) is 2.53. The maximum Gasteiger partial charge on any atom is 0.309 e. The van der Waals surface area contributed by atoms with Crippen molar-refractivity contribution in [3.05, 3.63) is 0 Å². The number of carboxylic acids is 1. The van der Waals surface area contributed by atoms with Crippen molar-refractivity contribution in [3.8, 4) is 0 Å². The van der Waals surface area contributed by atoms with Crippen molar-refractivity contribution in [1.29, 1.82) is 0 Å². The Morgan fingerprint density at radius 3 is 2.07 bits per heavy atom. The smallest absolute Gasteiger partial charge is 0.309 e. The maximum atomic E-state index is 11.4. The second kappa shape index (κ2) is 4.54. The van der Waals surface area contributed by atoms with Gasteiger partial charge in [0.15, 0.2) is 0 Å². The van der Waals surface area contributed by atoms with E-state index in [-0.39, 0.29) is 0 Å². The molecule has 1 rings (SSSR count). The van der Waals surface area contributed by atoms with Crippen molar-refractivity contribution in [2.24, 2.45) is 23.2 Å². The Hall–Kier alpha value is -0.530. The molecule has 3 unspecified atom stereocenters. The monoisotopic (exact) mass is 212 g/mol. The lowest BCUT2D eigenvalue weighted by atomic mass is 9.64. The fourth-order valence-corrected chi connectivity index (χ4v) is 3.08. The Balaban J connectivity index is 2.80. The lowest BCUT2D eigenvalue weighted by Crippen LogP contribution is -2.39. The summed E-state index contributed by atoms with van der Waals surface area (Å²) < 4.78 is 0. The summed E-state index contributed by atoms with van der Waals surface area (Å²) in [6, 6.07) is 0. The lowest BCUT2D eigenvalue weighted by Gasteiger charge is -2.40. The van der Waals surface area contributed by atoms with Crippen molar-refractivity contribution in [3.63, 3.8) is 0 Å². The van der Waals surface area contributed by atoms with Crippen molar-refractivity contribution in [2.45, 2.75) is 53.4 Å².